The van der Waals surface area contributed by atoms with E-state index in [1.54, 1.807) is 30.3 Å². The number of fused-ring (bicyclic) bond motifs is 1. The first kappa shape index (κ1) is 21.5. The molecule has 8 heteroatoms. The van der Waals surface area contributed by atoms with Gasteiger partial charge in [0.15, 0.2) is 5.65 Å². The molecule has 0 spiro atoms. The summed E-state index contributed by atoms with van der Waals surface area (Å²) in [4.78, 5) is 21.8. The van der Waals surface area contributed by atoms with Gasteiger partial charge in [-0.05, 0) is 36.8 Å². The van der Waals surface area contributed by atoms with E-state index in [0.717, 1.165) is 35.7 Å². The van der Waals surface area contributed by atoms with Crippen LogP contribution in [0.2, 0.25) is 0 Å². The number of imidazole rings is 1. The van der Waals surface area contributed by atoms with Crippen molar-refractivity contribution in [2.24, 2.45) is 0 Å². The van der Waals surface area contributed by atoms with Crippen molar-refractivity contribution in [1.82, 2.24) is 29.5 Å². The molecule has 1 amide bonds. The average Bonchev–Trinajstić information content (AvgIpc) is 3.45. The lowest BCUT2D eigenvalue weighted by Crippen LogP contribution is -2.25. The topological polar surface area (TPSA) is 86.3 Å². The van der Waals surface area contributed by atoms with E-state index in [1.165, 1.54) is 0 Å². The third-order valence-corrected chi connectivity index (χ3v) is 5.31. The summed E-state index contributed by atoms with van der Waals surface area (Å²) in [6.45, 7) is 7.72. The number of nitrogens with zero attached hydrogens (tertiary/aromatic N) is 5. The first-order valence-corrected chi connectivity index (χ1v) is 10.6. The molecule has 3 heterocycles. The van der Waals surface area contributed by atoms with E-state index in [4.69, 9.17) is 9.72 Å². The van der Waals surface area contributed by atoms with Crippen molar-refractivity contribution in [2.45, 2.75) is 39.2 Å². The second-order valence-corrected chi connectivity index (χ2v) is 8.71. The third-order valence-electron chi connectivity index (χ3n) is 5.31. The molecule has 0 aliphatic carbocycles. The molecule has 1 N–H and O–H groups in total. The van der Waals surface area contributed by atoms with E-state index < -0.39 is 0 Å². The lowest BCUT2D eigenvalue weighted by atomic mass is 9.91. The molecule has 0 saturated carbocycles. The molecule has 0 saturated heterocycles. The predicted octanol–water partition coefficient (Wildman–Crippen LogP) is 3.72. The Morgan fingerprint density at radius 2 is 1.97 bits per heavy atom. The second-order valence-electron chi connectivity index (χ2n) is 8.71. The zero-order valence-corrected chi connectivity index (χ0v) is 18.9. The van der Waals surface area contributed by atoms with Crippen LogP contribution in [0.4, 0.5) is 0 Å². The van der Waals surface area contributed by atoms with Crippen LogP contribution in [0.3, 0.4) is 0 Å². The van der Waals surface area contributed by atoms with E-state index in [1.807, 2.05) is 41.1 Å². The van der Waals surface area contributed by atoms with Gasteiger partial charge in [-0.3, -0.25) is 4.79 Å². The van der Waals surface area contributed by atoms with Crippen LogP contribution in [0, 0.1) is 0 Å². The SMILES string of the molecule is COc1ccc(-c2cc(C(C)(C)C)n3ncc(C(=O)NCCCn4ccnc4)c3n2)cc1. The van der Waals surface area contributed by atoms with Gasteiger partial charge >= 0.3 is 0 Å². The fourth-order valence-electron chi connectivity index (χ4n) is 3.54. The van der Waals surface area contributed by atoms with Crippen LogP contribution >= 0.6 is 0 Å². The van der Waals surface area contributed by atoms with E-state index in [2.05, 4.69) is 36.2 Å². The number of methoxy groups -OCH3 is 1. The number of carbonyl (C=O) groups excluding carboxylic acids is 1. The molecule has 1 aromatic carbocycles. The zero-order valence-electron chi connectivity index (χ0n) is 18.9. The molecule has 0 fully saturated rings. The summed E-state index contributed by atoms with van der Waals surface area (Å²) in [5.41, 5.74) is 3.55. The summed E-state index contributed by atoms with van der Waals surface area (Å²) in [5, 5.41) is 7.49. The highest BCUT2D eigenvalue weighted by molar-refractivity contribution is 5.99. The van der Waals surface area contributed by atoms with Gasteiger partial charge in [-0.2, -0.15) is 5.10 Å². The summed E-state index contributed by atoms with van der Waals surface area (Å²) in [6, 6.07) is 9.78. The van der Waals surface area contributed by atoms with E-state index in [-0.39, 0.29) is 11.3 Å². The van der Waals surface area contributed by atoms with Gasteiger partial charge in [0.1, 0.15) is 11.3 Å². The van der Waals surface area contributed by atoms with Crippen molar-refractivity contribution < 1.29 is 9.53 Å². The number of hydrogen-bond acceptors (Lipinski definition) is 5. The molecule has 0 bridgehead atoms. The second kappa shape index (κ2) is 8.82. The highest BCUT2D eigenvalue weighted by Crippen LogP contribution is 2.29. The number of aromatic nitrogens is 5. The van der Waals surface area contributed by atoms with Crippen LogP contribution in [0.25, 0.3) is 16.9 Å². The largest absolute Gasteiger partial charge is 0.497 e. The summed E-state index contributed by atoms with van der Waals surface area (Å²) >= 11 is 0. The molecule has 8 nitrogen and oxygen atoms in total. The first-order valence-electron chi connectivity index (χ1n) is 10.6. The van der Waals surface area contributed by atoms with Crippen LogP contribution in [0.5, 0.6) is 5.75 Å². The number of benzene rings is 1. The summed E-state index contributed by atoms with van der Waals surface area (Å²) in [5.74, 6) is 0.607. The number of rotatable bonds is 7. The van der Waals surface area contributed by atoms with Gasteiger partial charge < -0.3 is 14.6 Å². The van der Waals surface area contributed by atoms with Gasteiger partial charge in [0, 0.05) is 36.5 Å². The maximum absolute atomic E-state index is 12.9. The number of nitrogens with one attached hydrogen (secondary N) is 1. The smallest absolute Gasteiger partial charge is 0.256 e. The molecule has 0 aliphatic heterocycles. The maximum atomic E-state index is 12.9. The number of hydrogen-bond donors (Lipinski definition) is 1. The van der Waals surface area contributed by atoms with Crippen LogP contribution < -0.4 is 10.1 Å². The summed E-state index contributed by atoms with van der Waals surface area (Å²) in [6.07, 6.45) is 7.83. The average molecular weight is 433 g/mol. The fraction of sp³-hybridized carbons (Fsp3) is 0.333. The van der Waals surface area contributed by atoms with Crippen molar-refractivity contribution in [2.75, 3.05) is 13.7 Å². The summed E-state index contributed by atoms with van der Waals surface area (Å²) < 4.78 is 9.03. The minimum absolute atomic E-state index is 0.176. The molecule has 0 atom stereocenters. The molecular weight excluding hydrogens is 404 g/mol. The number of ether oxygens (including phenoxy) is 1. The minimum atomic E-state index is -0.188. The highest BCUT2D eigenvalue weighted by Gasteiger charge is 2.23. The van der Waals surface area contributed by atoms with Gasteiger partial charge in [-0.15, -0.1) is 0 Å². The van der Waals surface area contributed by atoms with Crippen molar-refractivity contribution in [3.05, 3.63) is 66.5 Å². The number of aryl methyl sites for hydroxylation is 1. The molecule has 0 radical (unpaired) electrons. The molecule has 3 aromatic heterocycles. The molecule has 0 aliphatic rings. The van der Waals surface area contributed by atoms with Crippen LogP contribution in [0.1, 0.15) is 43.2 Å². The van der Waals surface area contributed by atoms with Gasteiger partial charge in [-0.25, -0.2) is 14.5 Å². The van der Waals surface area contributed by atoms with Gasteiger partial charge in [0.2, 0.25) is 0 Å². The van der Waals surface area contributed by atoms with Crippen LogP contribution in [0.15, 0.2) is 55.2 Å². The fourth-order valence-corrected chi connectivity index (χ4v) is 3.54. The van der Waals surface area contributed by atoms with Gasteiger partial charge in [0.05, 0.1) is 31.0 Å². The quantitative estimate of drug-likeness (QED) is 0.450. The Balaban J connectivity index is 1.63. The van der Waals surface area contributed by atoms with Gasteiger partial charge in [-0.1, -0.05) is 20.8 Å². The van der Waals surface area contributed by atoms with Crippen molar-refractivity contribution >= 4 is 11.6 Å². The molecule has 32 heavy (non-hydrogen) atoms. The van der Waals surface area contributed by atoms with Gasteiger partial charge in [0.25, 0.3) is 5.91 Å². The lowest BCUT2D eigenvalue weighted by Gasteiger charge is -2.21. The maximum Gasteiger partial charge on any atom is 0.256 e. The Bertz CT molecular complexity index is 1200. The van der Waals surface area contributed by atoms with E-state index >= 15 is 0 Å². The Morgan fingerprint density at radius 1 is 1.19 bits per heavy atom. The standard InChI is InChI=1S/C24H28N6O2/c1-24(2,3)21-14-20(17-6-8-18(32-4)9-7-17)28-22-19(15-27-30(21)22)23(31)26-10-5-12-29-13-11-25-16-29/h6-9,11,13-16H,5,10,12H2,1-4H3,(H,26,31). The first-order chi connectivity index (χ1) is 15.4. The number of amides is 1. The normalized spacial score (nSPS) is 11.6. The minimum Gasteiger partial charge on any atom is -0.497 e. The summed E-state index contributed by atoms with van der Waals surface area (Å²) in [7, 11) is 1.64. The van der Waals surface area contributed by atoms with Crippen molar-refractivity contribution in [3.63, 3.8) is 0 Å². The van der Waals surface area contributed by atoms with Crippen LogP contribution in [-0.4, -0.2) is 43.7 Å². The number of carbonyl (C=O) groups is 1. The molecule has 4 rings (SSSR count). The molecule has 166 valence electrons. The van der Waals surface area contributed by atoms with Crippen molar-refractivity contribution in [3.8, 4) is 17.0 Å². The predicted molar refractivity (Wildman–Crippen MR) is 123 cm³/mol. The highest BCUT2D eigenvalue weighted by atomic mass is 16.5. The Morgan fingerprint density at radius 3 is 2.62 bits per heavy atom. The Labute approximate surface area is 187 Å². The van der Waals surface area contributed by atoms with Crippen molar-refractivity contribution in [1.29, 1.82) is 0 Å². The van der Waals surface area contributed by atoms with E-state index in [0.29, 0.717) is 17.8 Å². The third kappa shape index (κ3) is 4.49. The molecule has 0 unspecified atom stereocenters. The Hall–Kier alpha value is -3.68. The molecular formula is C24H28N6O2. The van der Waals surface area contributed by atoms with E-state index in [9.17, 15) is 4.79 Å². The monoisotopic (exact) mass is 432 g/mol. The molecule has 4 aromatic rings. The lowest BCUT2D eigenvalue weighted by molar-refractivity contribution is 0.0954. The Kier molecular flexibility index (Phi) is 5.94. The van der Waals surface area contributed by atoms with Crippen LogP contribution in [-0.2, 0) is 12.0 Å². The zero-order chi connectivity index (χ0) is 22.7.